The molecule has 1 aromatic heterocycles. The third kappa shape index (κ3) is 6.28. The first-order chi connectivity index (χ1) is 15.8. The van der Waals surface area contributed by atoms with Crippen LogP contribution in [0, 0.1) is 19.7 Å². The molecule has 0 atom stereocenters. The van der Waals surface area contributed by atoms with Crippen molar-refractivity contribution >= 4 is 17.7 Å². The quantitative estimate of drug-likeness (QED) is 0.270. The van der Waals surface area contributed by atoms with Gasteiger partial charge in [0.05, 0.1) is 13.2 Å². The average molecular weight is 461 g/mol. The predicted molar refractivity (Wildman–Crippen MR) is 123 cm³/mol. The van der Waals surface area contributed by atoms with Gasteiger partial charge in [0.25, 0.3) is 5.91 Å². The number of esters is 1. The number of nitrogens with zero attached hydrogens (tertiary/aromatic N) is 2. The van der Waals surface area contributed by atoms with E-state index in [9.17, 15) is 18.8 Å². The minimum atomic E-state index is -0.521. The van der Waals surface area contributed by atoms with Crippen molar-refractivity contribution in [3.05, 3.63) is 58.2 Å². The van der Waals surface area contributed by atoms with Gasteiger partial charge in [0.15, 0.2) is 5.78 Å². The van der Waals surface area contributed by atoms with Gasteiger partial charge in [-0.2, -0.15) is 0 Å². The molecule has 0 aliphatic rings. The summed E-state index contributed by atoms with van der Waals surface area (Å²) >= 11 is 0. The summed E-state index contributed by atoms with van der Waals surface area (Å²) < 4.78 is 26.0. The monoisotopic (exact) mass is 460 g/mol. The molecule has 2 rings (SSSR count). The van der Waals surface area contributed by atoms with E-state index in [1.54, 1.807) is 25.3 Å². The van der Waals surface area contributed by atoms with Crippen molar-refractivity contribution in [2.24, 2.45) is 0 Å². The Hall–Kier alpha value is -3.00. The molecule has 1 heterocycles. The molecule has 0 N–H and O–H groups in total. The summed E-state index contributed by atoms with van der Waals surface area (Å²) in [7, 11) is 0. The van der Waals surface area contributed by atoms with E-state index in [2.05, 4.69) is 0 Å². The average Bonchev–Trinajstić information content (AvgIpc) is 3.04. The molecule has 0 saturated carbocycles. The highest BCUT2D eigenvalue weighted by Crippen LogP contribution is 2.24. The highest BCUT2D eigenvalue weighted by Gasteiger charge is 2.28. The Bertz CT molecular complexity index is 999. The van der Waals surface area contributed by atoms with Gasteiger partial charge in [-0.05, 0) is 64.8 Å². The summed E-state index contributed by atoms with van der Waals surface area (Å²) in [6.07, 6.45) is 0.532. The zero-order chi connectivity index (χ0) is 24.5. The van der Waals surface area contributed by atoms with E-state index in [1.165, 1.54) is 23.1 Å². The van der Waals surface area contributed by atoms with Crippen LogP contribution in [0.5, 0.6) is 0 Å². The van der Waals surface area contributed by atoms with Gasteiger partial charge in [-0.15, -0.1) is 0 Å². The predicted octanol–water partition coefficient (Wildman–Crippen LogP) is 4.19. The van der Waals surface area contributed by atoms with Gasteiger partial charge in [0.2, 0.25) is 0 Å². The molecule has 33 heavy (non-hydrogen) atoms. The SMILES string of the molecule is CCOCCCN(CC(=O)c1c(C)c(C(=O)OCC)n(CC)c1C)C(=O)c1cccc(F)c1. The Morgan fingerprint density at radius 3 is 2.42 bits per heavy atom. The van der Waals surface area contributed by atoms with Crippen molar-refractivity contribution in [1.29, 1.82) is 0 Å². The number of aromatic nitrogens is 1. The Morgan fingerprint density at radius 1 is 1.09 bits per heavy atom. The number of amides is 1. The topological polar surface area (TPSA) is 77.8 Å². The van der Waals surface area contributed by atoms with Gasteiger partial charge < -0.3 is 18.9 Å². The molecule has 0 bridgehead atoms. The van der Waals surface area contributed by atoms with Gasteiger partial charge >= 0.3 is 5.97 Å². The van der Waals surface area contributed by atoms with Crippen LogP contribution in [0.25, 0.3) is 0 Å². The van der Waals surface area contributed by atoms with Gasteiger partial charge in [-0.1, -0.05) is 6.07 Å². The highest BCUT2D eigenvalue weighted by atomic mass is 19.1. The van der Waals surface area contributed by atoms with Crippen LogP contribution in [-0.4, -0.2) is 60.0 Å². The molecule has 7 nitrogen and oxygen atoms in total. The fraction of sp³-hybridized carbons (Fsp3) is 0.480. The van der Waals surface area contributed by atoms with Crippen molar-refractivity contribution in [2.45, 2.75) is 47.6 Å². The second-order valence-corrected chi connectivity index (χ2v) is 7.61. The minimum Gasteiger partial charge on any atom is -0.461 e. The van der Waals surface area contributed by atoms with Crippen molar-refractivity contribution < 1.29 is 28.2 Å². The highest BCUT2D eigenvalue weighted by molar-refractivity contribution is 6.06. The number of hydrogen-bond donors (Lipinski definition) is 0. The zero-order valence-electron chi connectivity index (χ0n) is 20.1. The molecule has 0 aliphatic carbocycles. The van der Waals surface area contributed by atoms with Crippen LogP contribution in [0.2, 0.25) is 0 Å². The molecular formula is C25H33FN2O5. The van der Waals surface area contributed by atoms with E-state index < -0.39 is 17.7 Å². The van der Waals surface area contributed by atoms with E-state index in [0.29, 0.717) is 48.7 Å². The van der Waals surface area contributed by atoms with Crippen molar-refractivity contribution in [2.75, 3.05) is 32.9 Å². The molecule has 0 spiro atoms. The molecular weight excluding hydrogens is 427 g/mol. The lowest BCUT2D eigenvalue weighted by Crippen LogP contribution is -2.37. The molecule has 0 aliphatic heterocycles. The third-order valence-corrected chi connectivity index (χ3v) is 5.44. The van der Waals surface area contributed by atoms with Crippen molar-refractivity contribution in [3.63, 3.8) is 0 Å². The maximum Gasteiger partial charge on any atom is 0.355 e. The fourth-order valence-corrected chi connectivity index (χ4v) is 3.97. The molecule has 1 amide bonds. The van der Waals surface area contributed by atoms with E-state index in [4.69, 9.17) is 9.47 Å². The Kier molecular flexibility index (Phi) is 9.78. The molecule has 0 fully saturated rings. The number of benzene rings is 1. The number of hydrogen-bond acceptors (Lipinski definition) is 5. The standard InChI is InChI=1S/C25H33FN2O5/c1-6-28-18(5)22(17(4)23(28)25(31)33-8-3)21(29)16-27(13-10-14-32-7-2)24(30)19-11-9-12-20(26)15-19/h9,11-12,15H,6-8,10,13-14,16H2,1-5H3. The lowest BCUT2D eigenvalue weighted by atomic mass is 10.0. The van der Waals surface area contributed by atoms with E-state index in [0.717, 1.165) is 6.07 Å². The second kappa shape index (κ2) is 12.3. The largest absolute Gasteiger partial charge is 0.461 e. The van der Waals surface area contributed by atoms with Crippen molar-refractivity contribution in [1.82, 2.24) is 9.47 Å². The van der Waals surface area contributed by atoms with Crippen LogP contribution in [-0.2, 0) is 16.0 Å². The molecule has 2 aromatic rings. The molecule has 8 heteroatoms. The lowest BCUT2D eigenvalue weighted by molar-refractivity contribution is 0.0512. The number of Topliss-reactive ketones (excluding diaryl/α,β-unsaturated/α-hetero) is 1. The molecule has 0 unspecified atom stereocenters. The first-order valence-corrected chi connectivity index (χ1v) is 11.3. The fourth-order valence-electron chi connectivity index (χ4n) is 3.97. The van der Waals surface area contributed by atoms with Gasteiger partial charge in [0.1, 0.15) is 11.5 Å². The van der Waals surface area contributed by atoms with Gasteiger partial charge in [0, 0.05) is 43.1 Å². The van der Waals surface area contributed by atoms with E-state index >= 15 is 0 Å². The smallest absolute Gasteiger partial charge is 0.355 e. The summed E-state index contributed by atoms with van der Waals surface area (Å²) in [6, 6.07) is 5.40. The van der Waals surface area contributed by atoms with Crippen LogP contribution >= 0.6 is 0 Å². The number of rotatable bonds is 12. The van der Waals surface area contributed by atoms with Crippen molar-refractivity contribution in [3.8, 4) is 0 Å². The van der Waals surface area contributed by atoms with Gasteiger partial charge in [-0.3, -0.25) is 9.59 Å². The van der Waals surface area contributed by atoms with E-state index in [-0.39, 0.29) is 31.0 Å². The van der Waals surface area contributed by atoms with Crippen LogP contribution in [0.15, 0.2) is 24.3 Å². The summed E-state index contributed by atoms with van der Waals surface area (Å²) in [4.78, 5) is 40.4. The van der Waals surface area contributed by atoms with E-state index in [1.807, 2.05) is 13.8 Å². The zero-order valence-corrected chi connectivity index (χ0v) is 20.1. The Morgan fingerprint density at radius 2 is 1.82 bits per heavy atom. The molecule has 0 radical (unpaired) electrons. The number of halogens is 1. The molecule has 0 saturated heterocycles. The number of ketones is 1. The van der Waals surface area contributed by atoms with Gasteiger partial charge in [-0.25, -0.2) is 9.18 Å². The lowest BCUT2D eigenvalue weighted by Gasteiger charge is -2.22. The first-order valence-electron chi connectivity index (χ1n) is 11.3. The first kappa shape index (κ1) is 26.3. The van der Waals surface area contributed by atoms with Crippen LogP contribution in [0.4, 0.5) is 4.39 Å². The van der Waals surface area contributed by atoms with Crippen LogP contribution < -0.4 is 0 Å². The minimum absolute atomic E-state index is 0.172. The number of carbonyl (C=O) groups excluding carboxylic acids is 3. The molecule has 180 valence electrons. The Balaban J connectivity index is 2.36. The summed E-state index contributed by atoms with van der Waals surface area (Å²) in [5, 5.41) is 0. The normalized spacial score (nSPS) is 10.8. The molecule has 1 aromatic carbocycles. The number of carbonyl (C=O) groups is 3. The summed E-state index contributed by atoms with van der Waals surface area (Å²) in [5.41, 5.74) is 2.10. The summed E-state index contributed by atoms with van der Waals surface area (Å²) in [6.45, 7) is 10.8. The maximum atomic E-state index is 13.7. The second-order valence-electron chi connectivity index (χ2n) is 7.61. The van der Waals surface area contributed by atoms with Crippen LogP contribution in [0.1, 0.15) is 69.7 Å². The summed E-state index contributed by atoms with van der Waals surface area (Å²) in [5.74, 6) is -1.73. The maximum absolute atomic E-state index is 13.7. The Labute approximate surface area is 194 Å². The third-order valence-electron chi connectivity index (χ3n) is 5.44. The van der Waals surface area contributed by atoms with Crippen LogP contribution in [0.3, 0.4) is 0 Å². The number of ether oxygens (including phenoxy) is 2.